The highest BCUT2D eigenvalue weighted by Crippen LogP contribution is 2.27. The summed E-state index contributed by atoms with van der Waals surface area (Å²) in [6.45, 7) is 5.98. The lowest BCUT2D eigenvalue weighted by molar-refractivity contribution is 0.161. The van der Waals surface area contributed by atoms with Gasteiger partial charge in [-0.15, -0.1) is 0 Å². The highest BCUT2D eigenvalue weighted by atomic mass is 16.5. The molecule has 0 aliphatic carbocycles. The Bertz CT molecular complexity index is 578. The zero-order chi connectivity index (χ0) is 14.7. The molecule has 2 aromatic rings. The Morgan fingerprint density at radius 2 is 2.00 bits per heavy atom. The number of aliphatic hydroxyl groups is 1. The van der Waals surface area contributed by atoms with E-state index in [9.17, 15) is 5.11 Å². The van der Waals surface area contributed by atoms with Gasteiger partial charge in [-0.25, -0.2) is 9.67 Å². The van der Waals surface area contributed by atoms with Crippen molar-refractivity contribution in [3.8, 4) is 11.4 Å². The Kier molecular flexibility index (Phi) is 4.39. The van der Waals surface area contributed by atoms with Crippen molar-refractivity contribution in [2.75, 3.05) is 7.11 Å². The number of rotatable bonds is 5. The number of nitrogens with zero attached hydrogens (tertiary/aromatic N) is 3. The second-order valence-corrected chi connectivity index (χ2v) is 4.99. The topological polar surface area (TPSA) is 60.2 Å². The lowest BCUT2D eigenvalue weighted by Gasteiger charge is -2.12. The monoisotopic (exact) mass is 275 g/mol. The lowest BCUT2D eigenvalue weighted by atomic mass is 10.2. The molecule has 1 aromatic heterocycles. The summed E-state index contributed by atoms with van der Waals surface area (Å²) in [7, 11) is 1.62. The molecule has 108 valence electrons. The average molecular weight is 275 g/mol. The van der Waals surface area contributed by atoms with Crippen LogP contribution in [0, 0.1) is 0 Å². The molecule has 0 saturated heterocycles. The number of para-hydroxylation sites is 2. The van der Waals surface area contributed by atoms with Gasteiger partial charge in [-0.05, 0) is 18.6 Å². The second-order valence-electron chi connectivity index (χ2n) is 4.99. The maximum absolute atomic E-state index is 10.2. The third-order valence-electron chi connectivity index (χ3n) is 3.16. The normalized spacial score (nSPS) is 12.7. The van der Waals surface area contributed by atoms with Gasteiger partial charge in [0.05, 0.1) is 7.11 Å². The van der Waals surface area contributed by atoms with Gasteiger partial charge in [0.1, 0.15) is 17.5 Å². The van der Waals surface area contributed by atoms with Gasteiger partial charge in [0.2, 0.25) is 0 Å². The van der Waals surface area contributed by atoms with Crippen LogP contribution in [0.3, 0.4) is 0 Å². The van der Waals surface area contributed by atoms with Gasteiger partial charge in [-0.2, -0.15) is 5.10 Å². The number of benzene rings is 1. The molecule has 0 amide bonds. The van der Waals surface area contributed by atoms with Crippen molar-refractivity contribution in [3.05, 3.63) is 35.9 Å². The van der Waals surface area contributed by atoms with Gasteiger partial charge in [-0.1, -0.05) is 32.9 Å². The minimum atomic E-state index is -0.639. The van der Waals surface area contributed by atoms with E-state index in [1.54, 1.807) is 11.8 Å². The summed E-state index contributed by atoms with van der Waals surface area (Å²) >= 11 is 0. The van der Waals surface area contributed by atoms with Crippen LogP contribution in [-0.4, -0.2) is 27.0 Å². The molecule has 0 aliphatic rings. The maximum atomic E-state index is 10.2. The van der Waals surface area contributed by atoms with Crippen molar-refractivity contribution in [2.24, 2.45) is 0 Å². The predicted octanol–water partition coefficient (Wildman–Crippen LogP) is 2.84. The Labute approximate surface area is 119 Å². The number of hydrogen-bond donors (Lipinski definition) is 1. The molecule has 0 unspecified atom stereocenters. The van der Waals surface area contributed by atoms with Gasteiger partial charge >= 0.3 is 0 Å². The molecule has 0 saturated carbocycles. The molecule has 0 fully saturated rings. The van der Waals surface area contributed by atoms with Crippen LogP contribution in [0.2, 0.25) is 0 Å². The fourth-order valence-corrected chi connectivity index (χ4v) is 1.97. The first-order valence-corrected chi connectivity index (χ1v) is 6.86. The van der Waals surface area contributed by atoms with Crippen molar-refractivity contribution < 1.29 is 9.84 Å². The van der Waals surface area contributed by atoms with Crippen LogP contribution in [-0.2, 0) is 0 Å². The molecule has 1 atom stereocenters. The molecular weight excluding hydrogens is 254 g/mol. The second kappa shape index (κ2) is 6.05. The third kappa shape index (κ3) is 2.67. The van der Waals surface area contributed by atoms with E-state index < -0.39 is 6.10 Å². The number of ether oxygens (including phenoxy) is 1. The smallest absolute Gasteiger partial charge is 0.161 e. The molecule has 20 heavy (non-hydrogen) atoms. The van der Waals surface area contributed by atoms with Crippen molar-refractivity contribution in [2.45, 2.75) is 39.2 Å². The van der Waals surface area contributed by atoms with Gasteiger partial charge in [0.25, 0.3) is 0 Å². The van der Waals surface area contributed by atoms with E-state index in [0.717, 1.165) is 11.5 Å². The number of hydrogen-bond acceptors (Lipinski definition) is 4. The third-order valence-corrected chi connectivity index (χ3v) is 3.16. The van der Waals surface area contributed by atoms with E-state index in [2.05, 4.69) is 10.1 Å². The van der Waals surface area contributed by atoms with E-state index >= 15 is 0 Å². The fraction of sp³-hybridized carbons (Fsp3) is 0.467. The fourth-order valence-electron chi connectivity index (χ4n) is 1.97. The quantitative estimate of drug-likeness (QED) is 0.911. The maximum Gasteiger partial charge on any atom is 0.161 e. The zero-order valence-corrected chi connectivity index (χ0v) is 12.4. The van der Waals surface area contributed by atoms with E-state index in [-0.39, 0.29) is 5.92 Å². The lowest BCUT2D eigenvalue weighted by Crippen LogP contribution is -2.09. The molecule has 2 rings (SSSR count). The summed E-state index contributed by atoms with van der Waals surface area (Å²) in [6.07, 6.45) is -0.0503. The van der Waals surface area contributed by atoms with Crippen LogP contribution < -0.4 is 4.74 Å². The zero-order valence-electron chi connectivity index (χ0n) is 12.4. The highest BCUT2D eigenvalue weighted by molar-refractivity contribution is 5.46. The van der Waals surface area contributed by atoms with Crippen LogP contribution in [0.4, 0.5) is 0 Å². The van der Waals surface area contributed by atoms with E-state index in [4.69, 9.17) is 4.74 Å². The molecule has 5 heteroatoms. The summed E-state index contributed by atoms with van der Waals surface area (Å²) in [5.41, 5.74) is 0.789. The largest absolute Gasteiger partial charge is 0.494 e. The van der Waals surface area contributed by atoms with Crippen molar-refractivity contribution in [1.82, 2.24) is 14.8 Å². The first-order chi connectivity index (χ1) is 9.58. The molecule has 0 radical (unpaired) electrons. The number of aliphatic hydroxyl groups excluding tert-OH is 1. The van der Waals surface area contributed by atoms with Gasteiger partial charge < -0.3 is 9.84 Å². The van der Waals surface area contributed by atoms with Crippen LogP contribution in [0.5, 0.6) is 5.75 Å². The van der Waals surface area contributed by atoms with Crippen LogP contribution in [0.25, 0.3) is 5.69 Å². The number of aromatic nitrogens is 3. The Morgan fingerprint density at radius 1 is 1.30 bits per heavy atom. The Morgan fingerprint density at radius 3 is 2.60 bits per heavy atom. The summed E-state index contributed by atoms with van der Waals surface area (Å²) in [4.78, 5) is 4.48. The van der Waals surface area contributed by atoms with Crippen molar-refractivity contribution >= 4 is 0 Å². The van der Waals surface area contributed by atoms with Gasteiger partial charge in [0.15, 0.2) is 11.6 Å². The molecule has 5 nitrogen and oxygen atoms in total. The van der Waals surface area contributed by atoms with E-state index in [1.807, 2.05) is 45.0 Å². The van der Waals surface area contributed by atoms with E-state index in [0.29, 0.717) is 18.0 Å². The Hall–Kier alpha value is -1.88. The molecular formula is C15H21N3O2. The molecule has 1 heterocycles. The summed E-state index contributed by atoms with van der Waals surface area (Å²) < 4.78 is 7.05. The SMILES string of the molecule is CC[C@H](O)c1nc(C(C)C)nn1-c1ccccc1OC. The predicted molar refractivity (Wildman–Crippen MR) is 77.3 cm³/mol. The van der Waals surface area contributed by atoms with Crippen molar-refractivity contribution in [1.29, 1.82) is 0 Å². The standard InChI is InChI=1S/C15H21N3O2/c1-5-12(19)15-16-14(10(2)3)17-18(15)11-8-6-7-9-13(11)20-4/h6-10,12,19H,5H2,1-4H3/t12-/m0/s1. The molecule has 1 N–H and O–H groups in total. The average Bonchev–Trinajstić information content (AvgIpc) is 2.91. The molecule has 0 spiro atoms. The van der Waals surface area contributed by atoms with E-state index in [1.165, 1.54) is 0 Å². The van der Waals surface area contributed by atoms with Crippen molar-refractivity contribution in [3.63, 3.8) is 0 Å². The minimum Gasteiger partial charge on any atom is -0.494 e. The Balaban J connectivity index is 2.59. The van der Waals surface area contributed by atoms with Crippen LogP contribution in [0.15, 0.2) is 24.3 Å². The molecule has 0 bridgehead atoms. The van der Waals surface area contributed by atoms with Crippen LogP contribution >= 0.6 is 0 Å². The minimum absolute atomic E-state index is 0.203. The van der Waals surface area contributed by atoms with Crippen LogP contribution in [0.1, 0.15) is 50.9 Å². The van der Waals surface area contributed by atoms with Gasteiger partial charge in [0, 0.05) is 5.92 Å². The summed E-state index contributed by atoms with van der Waals surface area (Å²) in [5.74, 6) is 2.19. The first kappa shape index (κ1) is 14.5. The molecule has 1 aromatic carbocycles. The first-order valence-electron chi connectivity index (χ1n) is 6.86. The summed E-state index contributed by atoms with van der Waals surface area (Å²) in [6, 6.07) is 7.59. The molecule has 0 aliphatic heterocycles. The van der Waals surface area contributed by atoms with Gasteiger partial charge in [-0.3, -0.25) is 0 Å². The number of methoxy groups -OCH3 is 1. The highest BCUT2D eigenvalue weighted by Gasteiger charge is 2.20. The summed E-state index contributed by atoms with van der Waals surface area (Å²) in [5, 5.41) is 14.7.